The Kier molecular flexibility index (Phi) is 8.53. The SMILES string of the molecule is CN(C)C/C=C/C(=O)Nc1ccc(C(=O)Nc2cccc(Cc3ncc(Cl)c(-c4cccc5[nH]ccc45)n3)c2)cc1. The third-order valence-electron chi connectivity index (χ3n) is 6.35. The lowest BCUT2D eigenvalue weighted by atomic mass is 10.1. The van der Waals surface area contributed by atoms with Crippen LogP contribution in [0.25, 0.3) is 22.2 Å². The van der Waals surface area contributed by atoms with Crippen LogP contribution in [-0.2, 0) is 11.2 Å². The van der Waals surface area contributed by atoms with E-state index in [2.05, 4.69) is 20.6 Å². The van der Waals surface area contributed by atoms with Crippen molar-refractivity contribution >= 4 is 45.7 Å². The topological polar surface area (TPSA) is 103 Å². The highest BCUT2D eigenvalue weighted by atomic mass is 35.5. The van der Waals surface area contributed by atoms with E-state index in [4.69, 9.17) is 16.6 Å². The summed E-state index contributed by atoms with van der Waals surface area (Å²) in [6, 6.07) is 22.3. The molecule has 8 nitrogen and oxygen atoms in total. The largest absolute Gasteiger partial charge is 0.361 e. The van der Waals surface area contributed by atoms with Crippen LogP contribution < -0.4 is 10.6 Å². The second-order valence-electron chi connectivity index (χ2n) is 9.79. The molecule has 3 aromatic carbocycles. The Balaban J connectivity index is 1.25. The smallest absolute Gasteiger partial charge is 0.255 e. The Hall–Kier alpha value is -4.79. The average Bonchev–Trinajstić information content (AvgIpc) is 3.44. The molecule has 0 aliphatic carbocycles. The van der Waals surface area contributed by atoms with Crippen molar-refractivity contribution in [2.75, 3.05) is 31.3 Å². The van der Waals surface area contributed by atoms with Crippen molar-refractivity contribution in [1.82, 2.24) is 19.9 Å². The number of carbonyl (C=O) groups excluding carboxylic acids is 2. The Morgan fingerprint density at radius 1 is 0.976 bits per heavy atom. The maximum absolute atomic E-state index is 12.9. The highest BCUT2D eigenvalue weighted by molar-refractivity contribution is 6.33. The number of anilines is 2. The average molecular weight is 565 g/mol. The Morgan fingerprint density at radius 3 is 2.59 bits per heavy atom. The number of carbonyl (C=O) groups is 2. The van der Waals surface area contributed by atoms with Gasteiger partial charge < -0.3 is 20.5 Å². The maximum atomic E-state index is 12.9. The molecular weight excluding hydrogens is 536 g/mol. The Morgan fingerprint density at radius 2 is 1.78 bits per heavy atom. The minimum absolute atomic E-state index is 0.223. The van der Waals surface area contributed by atoms with Gasteiger partial charge in [-0.2, -0.15) is 0 Å². The zero-order valence-corrected chi connectivity index (χ0v) is 23.4. The molecule has 0 saturated carbocycles. The van der Waals surface area contributed by atoms with E-state index in [9.17, 15) is 9.59 Å². The van der Waals surface area contributed by atoms with Crippen molar-refractivity contribution in [1.29, 1.82) is 0 Å². The fourth-order valence-electron chi connectivity index (χ4n) is 4.37. The molecular formula is C32H29ClN6O2. The lowest BCUT2D eigenvalue weighted by molar-refractivity contribution is -0.111. The number of aromatic amines is 1. The molecule has 41 heavy (non-hydrogen) atoms. The predicted octanol–water partition coefficient (Wildman–Crippen LogP) is 6.18. The molecule has 0 saturated heterocycles. The van der Waals surface area contributed by atoms with Crippen molar-refractivity contribution in [2.45, 2.75) is 6.42 Å². The fraction of sp³-hybridized carbons (Fsp3) is 0.125. The van der Waals surface area contributed by atoms with Crippen LogP contribution in [0, 0.1) is 0 Å². The van der Waals surface area contributed by atoms with Gasteiger partial charge in [-0.25, -0.2) is 9.97 Å². The van der Waals surface area contributed by atoms with Crippen molar-refractivity contribution in [3.05, 3.63) is 119 Å². The van der Waals surface area contributed by atoms with Crippen LogP contribution >= 0.6 is 11.6 Å². The summed E-state index contributed by atoms with van der Waals surface area (Å²) in [5.74, 6) is 0.143. The summed E-state index contributed by atoms with van der Waals surface area (Å²) in [5, 5.41) is 7.25. The van der Waals surface area contributed by atoms with Crippen LogP contribution in [0.4, 0.5) is 11.4 Å². The molecule has 0 unspecified atom stereocenters. The quantitative estimate of drug-likeness (QED) is 0.186. The zero-order valence-electron chi connectivity index (χ0n) is 22.7. The molecule has 0 radical (unpaired) electrons. The number of benzene rings is 3. The molecule has 0 spiro atoms. The Bertz CT molecular complexity index is 1730. The highest BCUT2D eigenvalue weighted by Gasteiger charge is 2.13. The minimum atomic E-state index is -0.254. The first kappa shape index (κ1) is 27.8. The van der Waals surface area contributed by atoms with Gasteiger partial charge in [-0.3, -0.25) is 9.59 Å². The molecule has 5 rings (SSSR count). The maximum Gasteiger partial charge on any atom is 0.255 e. The first-order valence-electron chi connectivity index (χ1n) is 13.1. The van der Waals surface area contributed by atoms with Crippen LogP contribution in [-0.4, -0.2) is 52.3 Å². The molecule has 206 valence electrons. The van der Waals surface area contributed by atoms with E-state index in [0.29, 0.717) is 46.4 Å². The van der Waals surface area contributed by atoms with E-state index in [0.717, 1.165) is 22.0 Å². The number of nitrogens with one attached hydrogen (secondary N) is 3. The number of amides is 2. The van der Waals surface area contributed by atoms with Crippen LogP contribution in [0.15, 0.2) is 97.3 Å². The van der Waals surface area contributed by atoms with Gasteiger partial charge in [-0.1, -0.05) is 41.9 Å². The molecule has 0 bridgehead atoms. The van der Waals surface area contributed by atoms with E-state index in [-0.39, 0.29) is 11.8 Å². The summed E-state index contributed by atoms with van der Waals surface area (Å²) in [6.07, 6.45) is 7.26. The van der Waals surface area contributed by atoms with Gasteiger partial charge in [0.2, 0.25) is 5.91 Å². The van der Waals surface area contributed by atoms with Crippen LogP contribution in [0.1, 0.15) is 21.7 Å². The van der Waals surface area contributed by atoms with E-state index in [1.54, 1.807) is 36.5 Å². The zero-order chi connectivity index (χ0) is 28.8. The lowest BCUT2D eigenvalue weighted by Crippen LogP contribution is -2.14. The van der Waals surface area contributed by atoms with Gasteiger partial charge >= 0.3 is 0 Å². The van der Waals surface area contributed by atoms with E-state index in [1.165, 1.54) is 6.08 Å². The molecule has 2 aromatic heterocycles. The number of halogens is 1. The summed E-state index contributed by atoms with van der Waals surface area (Å²) in [6.45, 7) is 0.673. The van der Waals surface area contributed by atoms with Crippen molar-refractivity contribution in [2.24, 2.45) is 0 Å². The minimum Gasteiger partial charge on any atom is -0.361 e. The van der Waals surface area contributed by atoms with E-state index >= 15 is 0 Å². The number of hydrogen-bond donors (Lipinski definition) is 3. The van der Waals surface area contributed by atoms with Gasteiger partial charge in [0, 0.05) is 64.8 Å². The van der Waals surface area contributed by atoms with Gasteiger partial charge in [-0.05, 0) is 68.2 Å². The number of nitrogens with zero attached hydrogens (tertiary/aromatic N) is 3. The van der Waals surface area contributed by atoms with E-state index in [1.807, 2.05) is 73.7 Å². The summed E-state index contributed by atoms with van der Waals surface area (Å²) in [5.41, 5.74) is 5.30. The third kappa shape index (κ3) is 7.05. The van der Waals surface area contributed by atoms with Crippen LogP contribution in [0.3, 0.4) is 0 Å². The number of aromatic nitrogens is 3. The molecule has 5 aromatic rings. The number of H-pyrrole nitrogens is 1. The van der Waals surface area contributed by atoms with Crippen molar-refractivity contribution < 1.29 is 9.59 Å². The van der Waals surface area contributed by atoms with Crippen LogP contribution in [0.2, 0.25) is 5.02 Å². The summed E-state index contributed by atoms with van der Waals surface area (Å²) >= 11 is 6.50. The number of likely N-dealkylation sites (N-methyl/N-ethyl adjacent to an activating group) is 1. The summed E-state index contributed by atoms with van der Waals surface area (Å²) < 4.78 is 0. The second-order valence-corrected chi connectivity index (χ2v) is 10.2. The molecule has 3 N–H and O–H groups in total. The van der Waals surface area contributed by atoms with Gasteiger partial charge in [0.05, 0.1) is 10.7 Å². The number of hydrogen-bond acceptors (Lipinski definition) is 5. The number of rotatable bonds is 9. The normalized spacial score (nSPS) is 11.3. The first-order chi connectivity index (χ1) is 19.9. The van der Waals surface area contributed by atoms with Gasteiger partial charge in [0.15, 0.2) is 0 Å². The lowest BCUT2D eigenvalue weighted by Gasteiger charge is -2.10. The fourth-order valence-corrected chi connectivity index (χ4v) is 4.57. The predicted molar refractivity (Wildman–Crippen MR) is 164 cm³/mol. The Labute approximate surface area is 243 Å². The van der Waals surface area contributed by atoms with Gasteiger partial charge in [-0.15, -0.1) is 0 Å². The molecule has 2 heterocycles. The molecule has 9 heteroatoms. The third-order valence-corrected chi connectivity index (χ3v) is 6.62. The number of fused-ring (bicyclic) bond motifs is 1. The van der Waals surface area contributed by atoms with E-state index < -0.39 is 0 Å². The standard InChI is InChI=1S/C32H29ClN6O2/c1-39(2)17-5-10-30(40)36-23-13-11-22(12-14-23)32(41)37-24-7-3-6-21(18-24)19-29-35-20-27(33)31(38-29)26-8-4-9-28-25(26)15-16-34-28/h3-16,18,20,34H,17,19H2,1-2H3,(H,36,40)(H,37,41)/b10-5+. The molecule has 0 fully saturated rings. The molecule has 2 amide bonds. The van der Waals surface area contributed by atoms with Gasteiger partial charge in [0.1, 0.15) is 5.82 Å². The van der Waals surface area contributed by atoms with Crippen molar-refractivity contribution in [3.63, 3.8) is 0 Å². The molecule has 0 aliphatic rings. The summed E-state index contributed by atoms with van der Waals surface area (Å²) in [4.78, 5) is 39.3. The van der Waals surface area contributed by atoms with Crippen LogP contribution in [0.5, 0.6) is 0 Å². The molecule has 0 aliphatic heterocycles. The monoisotopic (exact) mass is 564 g/mol. The van der Waals surface area contributed by atoms with Crippen molar-refractivity contribution in [3.8, 4) is 11.3 Å². The first-order valence-corrected chi connectivity index (χ1v) is 13.4. The molecule has 0 atom stereocenters. The summed E-state index contributed by atoms with van der Waals surface area (Å²) in [7, 11) is 3.86. The van der Waals surface area contributed by atoms with Gasteiger partial charge in [0.25, 0.3) is 5.91 Å². The highest BCUT2D eigenvalue weighted by Crippen LogP contribution is 2.31. The second kappa shape index (κ2) is 12.6.